The zero-order valence-corrected chi connectivity index (χ0v) is 16.9. The zero-order chi connectivity index (χ0) is 20.2. The second-order valence-corrected chi connectivity index (χ2v) is 7.97. The smallest absolute Gasteiger partial charge is 0.267 e. The van der Waals surface area contributed by atoms with E-state index in [1.54, 1.807) is 11.0 Å². The predicted octanol–water partition coefficient (Wildman–Crippen LogP) is 2.08. The first-order chi connectivity index (χ1) is 14.1. The van der Waals surface area contributed by atoms with E-state index in [4.69, 9.17) is 4.74 Å². The van der Waals surface area contributed by atoms with Gasteiger partial charge in [0.2, 0.25) is 5.91 Å². The molecule has 3 heterocycles. The number of nitrogens with zero attached hydrogens (tertiary/aromatic N) is 4. The van der Waals surface area contributed by atoms with Crippen LogP contribution in [0.2, 0.25) is 0 Å². The van der Waals surface area contributed by atoms with Crippen LogP contribution in [0.4, 0.5) is 5.82 Å². The van der Waals surface area contributed by atoms with Crippen LogP contribution in [0.3, 0.4) is 0 Å². The molecule has 2 fully saturated rings. The van der Waals surface area contributed by atoms with Crippen molar-refractivity contribution >= 4 is 11.7 Å². The van der Waals surface area contributed by atoms with Crippen molar-refractivity contribution in [1.29, 1.82) is 0 Å². The summed E-state index contributed by atoms with van der Waals surface area (Å²) in [5.41, 5.74) is 0.807. The second-order valence-electron chi connectivity index (χ2n) is 7.97. The van der Waals surface area contributed by atoms with Crippen LogP contribution >= 0.6 is 0 Å². The molecule has 0 aliphatic carbocycles. The summed E-state index contributed by atoms with van der Waals surface area (Å²) in [6.45, 7) is 5.58. The summed E-state index contributed by atoms with van der Waals surface area (Å²) >= 11 is 0. The lowest BCUT2D eigenvalue weighted by molar-refractivity contribution is -0.139. The van der Waals surface area contributed by atoms with Gasteiger partial charge in [0, 0.05) is 25.7 Å². The quantitative estimate of drug-likeness (QED) is 0.792. The molecule has 0 spiro atoms. The summed E-state index contributed by atoms with van der Waals surface area (Å²) in [4.78, 5) is 29.1. The molecule has 29 heavy (non-hydrogen) atoms. The van der Waals surface area contributed by atoms with Gasteiger partial charge in [0.05, 0.1) is 13.2 Å². The standard InChI is InChI=1S/C22H28N4O3/c1-17-9-11-24(12-10-17)20-7-8-21(27)26(23-20)16-22(28)25-13-14-29-19(15-25)18-5-3-2-4-6-18/h2-8,17,19H,9-16H2,1H3/t19-/m1/s1. The highest BCUT2D eigenvalue weighted by atomic mass is 16.5. The minimum atomic E-state index is -0.250. The molecular weight excluding hydrogens is 368 g/mol. The van der Waals surface area contributed by atoms with Crippen molar-refractivity contribution in [2.75, 3.05) is 37.7 Å². The summed E-state index contributed by atoms with van der Waals surface area (Å²) in [6.07, 6.45) is 2.10. The Kier molecular flexibility index (Phi) is 5.94. The number of hydrogen-bond acceptors (Lipinski definition) is 5. The Labute approximate surface area is 170 Å². The highest BCUT2D eigenvalue weighted by Crippen LogP contribution is 2.22. The maximum atomic E-state index is 12.9. The Morgan fingerprint density at radius 3 is 2.62 bits per heavy atom. The van der Waals surface area contributed by atoms with Crippen molar-refractivity contribution in [2.45, 2.75) is 32.4 Å². The molecule has 1 amide bonds. The number of piperidine rings is 1. The van der Waals surface area contributed by atoms with E-state index in [1.165, 1.54) is 10.7 Å². The number of anilines is 1. The molecule has 0 unspecified atom stereocenters. The molecule has 7 nitrogen and oxygen atoms in total. The first-order valence-corrected chi connectivity index (χ1v) is 10.4. The number of rotatable bonds is 4. The number of morpholine rings is 1. The molecular formula is C22H28N4O3. The zero-order valence-electron chi connectivity index (χ0n) is 16.9. The molecule has 0 N–H and O–H groups in total. The number of amides is 1. The fourth-order valence-electron chi connectivity index (χ4n) is 3.93. The molecule has 0 radical (unpaired) electrons. The molecule has 0 bridgehead atoms. The minimum absolute atomic E-state index is 0.0432. The lowest BCUT2D eigenvalue weighted by Crippen LogP contribution is -2.45. The van der Waals surface area contributed by atoms with Crippen LogP contribution in [0.15, 0.2) is 47.3 Å². The molecule has 1 aromatic heterocycles. The third kappa shape index (κ3) is 4.67. The number of carbonyl (C=O) groups excluding carboxylic acids is 1. The van der Waals surface area contributed by atoms with Crippen molar-refractivity contribution in [2.24, 2.45) is 5.92 Å². The van der Waals surface area contributed by atoms with Crippen molar-refractivity contribution < 1.29 is 9.53 Å². The Balaban J connectivity index is 1.44. The molecule has 4 rings (SSSR count). The van der Waals surface area contributed by atoms with Gasteiger partial charge in [-0.1, -0.05) is 37.3 Å². The normalized spacial score (nSPS) is 20.7. The summed E-state index contributed by atoms with van der Waals surface area (Å²) < 4.78 is 7.14. The number of aromatic nitrogens is 2. The fraction of sp³-hybridized carbons (Fsp3) is 0.500. The SMILES string of the molecule is CC1CCN(c2ccc(=O)n(CC(=O)N3CCO[C@@H](c4ccccc4)C3)n2)CC1. The Morgan fingerprint density at radius 1 is 1.10 bits per heavy atom. The highest BCUT2D eigenvalue weighted by molar-refractivity contribution is 5.76. The first kappa shape index (κ1) is 19.6. The molecule has 2 aromatic rings. The van der Waals surface area contributed by atoms with Gasteiger partial charge >= 0.3 is 0 Å². The first-order valence-electron chi connectivity index (χ1n) is 10.4. The predicted molar refractivity (Wildman–Crippen MR) is 111 cm³/mol. The van der Waals surface area contributed by atoms with E-state index in [9.17, 15) is 9.59 Å². The third-order valence-electron chi connectivity index (χ3n) is 5.84. The molecule has 154 valence electrons. The van der Waals surface area contributed by atoms with Crippen LogP contribution in [0.1, 0.15) is 31.4 Å². The second kappa shape index (κ2) is 8.78. The summed E-state index contributed by atoms with van der Waals surface area (Å²) in [5.74, 6) is 1.39. The lowest BCUT2D eigenvalue weighted by Gasteiger charge is -2.33. The monoisotopic (exact) mass is 396 g/mol. The Morgan fingerprint density at radius 2 is 1.86 bits per heavy atom. The van der Waals surface area contributed by atoms with Crippen molar-refractivity contribution in [3.8, 4) is 0 Å². The van der Waals surface area contributed by atoms with Crippen LogP contribution in [0, 0.1) is 5.92 Å². The van der Waals surface area contributed by atoms with Crippen LogP contribution in [0.25, 0.3) is 0 Å². The van der Waals surface area contributed by atoms with Gasteiger partial charge in [-0.25, -0.2) is 4.68 Å². The van der Waals surface area contributed by atoms with E-state index in [2.05, 4.69) is 16.9 Å². The maximum absolute atomic E-state index is 12.9. The molecule has 1 aromatic carbocycles. The van der Waals surface area contributed by atoms with E-state index < -0.39 is 0 Å². The fourth-order valence-corrected chi connectivity index (χ4v) is 3.93. The number of benzene rings is 1. The molecule has 1 atom stereocenters. The van der Waals surface area contributed by atoms with Crippen LogP contribution in [-0.4, -0.2) is 53.4 Å². The van der Waals surface area contributed by atoms with Crippen LogP contribution in [-0.2, 0) is 16.1 Å². The molecule has 2 aliphatic heterocycles. The summed E-state index contributed by atoms with van der Waals surface area (Å²) in [7, 11) is 0. The lowest BCUT2D eigenvalue weighted by atomic mass is 9.99. The number of ether oxygens (including phenoxy) is 1. The average Bonchev–Trinajstić information content (AvgIpc) is 2.76. The van der Waals surface area contributed by atoms with Crippen molar-refractivity contribution in [1.82, 2.24) is 14.7 Å². The molecule has 0 saturated carbocycles. The van der Waals surface area contributed by atoms with Gasteiger partial charge in [0.25, 0.3) is 5.56 Å². The third-order valence-corrected chi connectivity index (χ3v) is 5.84. The number of carbonyl (C=O) groups is 1. The van der Waals surface area contributed by atoms with Gasteiger partial charge < -0.3 is 14.5 Å². The van der Waals surface area contributed by atoms with E-state index in [1.807, 2.05) is 30.3 Å². The topological polar surface area (TPSA) is 67.7 Å². The molecule has 2 saturated heterocycles. The number of hydrogen-bond donors (Lipinski definition) is 0. The van der Waals surface area contributed by atoms with E-state index in [0.29, 0.717) is 19.7 Å². The molecule has 7 heteroatoms. The summed E-state index contributed by atoms with van der Waals surface area (Å²) in [6, 6.07) is 13.2. The molecule has 2 aliphatic rings. The minimum Gasteiger partial charge on any atom is -0.370 e. The Bertz CT molecular complexity index is 890. The van der Waals surface area contributed by atoms with Crippen LogP contribution < -0.4 is 10.5 Å². The van der Waals surface area contributed by atoms with Gasteiger partial charge in [-0.05, 0) is 30.4 Å². The largest absolute Gasteiger partial charge is 0.370 e. The van der Waals surface area contributed by atoms with Gasteiger partial charge in [-0.15, -0.1) is 0 Å². The van der Waals surface area contributed by atoms with E-state index >= 15 is 0 Å². The van der Waals surface area contributed by atoms with Gasteiger partial charge in [0.15, 0.2) is 0 Å². The van der Waals surface area contributed by atoms with Gasteiger partial charge in [-0.3, -0.25) is 9.59 Å². The van der Waals surface area contributed by atoms with Crippen molar-refractivity contribution in [3.63, 3.8) is 0 Å². The highest BCUT2D eigenvalue weighted by Gasteiger charge is 2.26. The Hall–Kier alpha value is -2.67. The summed E-state index contributed by atoms with van der Waals surface area (Å²) in [5, 5.41) is 4.48. The van der Waals surface area contributed by atoms with Gasteiger partial charge in [-0.2, -0.15) is 5.10 Å². The van der Waals surface area contributed by atoms with Crippen molar-refractivity contribution in [3.05, 3.63) is 58.4 Å². The van der Waals surface area contributed by atoms with Gasteiger partial charge in [0.1, 0.15) is 18.5 Å². The van der Waals surface area contributed by atoms with Crippen LogP contribution in [0.5, 0.6) is 0 Å². The average molecular weight is 396 g/mol. The maximum Gasteiger partial charge on any atom is 0.267 e. The van der Waals surface area contributed by atoms with E-state index in [-0.39, 0.29) is 24.1 Å². The van der Waals surface area contributed by atoms with E-state index in [0.717, 1.165) is 43.2 Å².